The zero-order valence-electron chi connectivity index (χ0n) is 26.4. The van der Waals surface area contributed by atoms with Gasteiger partial charge in [-0.25, -0.2) is 4.39 Å². The molecular formula is C35H44FN5O3. The molecule has 4 atom stereocenters. The van der Waals surface area contributed by atoms with E-state index >= 15 is 0 Å². The number of hydrogen-bond donors (Lipinski definition) is 2. The molecule has 3 amide bonds. The van der Waals surface area contributed by atoms with Gasteiger partial charge in [0.15, 0.2) is 0 Å². The number of nitrogens with two attached hydrogens (primary N) is 1. The summed E-state index contributed by atoms with van der Waals surface area (Å²) >= 11 is 0. The molecule has 0 bridgehead atoms. The summed E-state index contributed by atoms with van der Waals surface area (Å²) < 4.78 is 16.0. The molecule has 1 aromatic heterocycles. The van der Waals surface area contributed by atoms with Gasteiger partial charge in [-0.15, -0.1) is 0 Å². The van der Waals surface area contributed by atoms with Crippen molar-refractivity contribution in [3.63, 3.8) is 0 Å². The van der Waals surface area contributed by atoms with E-state index in [4.69, 9.17) is 5.73 Å². The number of amides is 3. The smallest absolute Gasteiger partial charge is 0.239 e. The second kappa shape index (κ2) is 10.7. The molecule has 3 aliphatic rings. The number of benzene rings is 2. The van der Waals surface area contributed by atoms with Crippen LogP contribution in [-0.4, -0.2) is 69.3 Å². The highest BCUT2D eigenvalue weighted by molar-refractivity contribution is 5.94. The lowest BCUT2D eigenvalue weighted by Crippen LogP contribution is -2.55. The molecule has 9 heteroatoms. The first kappa shape index (κ1) is 30.3. The first-order valence-corrected chi connectivity index (χ1v) is 15.8. The quantitative estimate of drug-likeness (QED) is 0.426. The van der Waals surface area contributed by atoms with E-state index in [2.05, 4.69) is 28.2 Å². The second-order valence-corrected chi connectivity index (χ2v) is 14.2. The average molecular weight is 602 g/mol. The number of nitrogens with one attached hydrogen (secondary N) is 1. The van der Waals surface area contributed by atoms with Crippen LogP contribution in [0.15, 0.2) is 54.7 Å². The summed E-state index contributed by atoms with van der Waals surface area (Å²) in [7, 11) is 2.00. The lowest BCUT2D eigenvalue weighted by molar-refractivity contribution is -0.147. The van der Waals surface area contributed by atoms with Crippen molar-refractivity contribution in [3.8, 4) is 0 Å². The van der Waals surface area contributed by atoms with Gasteiger partial charge in [0.1, 0.15) is 5.82 Å². The van der Waals surface area contributed by atoms with Crippen molar-refractivity contribution in [2.45, 2.75) is 76.9 Å². The Balaban J connectivity index is 1.35. The fourth-order valence-corrected chi connectivity index (χ4v) is 7.74. The maximum Gasteiger partial charge on any atom is 0.239 e. The van der Waals surface area contributed by atoms with Crippen molar-refractivity contribution >= 4 is 28.6 Å². The molecule has 2 aromatic carbocycles. The van der Waals surface area contributed by atoms with Gasteiger partial charge in [0.2, 0.25) is 17.7 Å². The SMILES string of the molecule is CC(C)N1CC(c2ccc(F)cc2)C2(CCCN(C(=O)C3(Cc4cn(C)c5ccccc45)CC3NC(=O)C(C)(C)N)C2)C1=O. The molecular weight excluding hydrogens is 557 g/mol. The van der Waals surface area contributed by atoms with E-state index in [1.165, 1.54) is 12.1 Å². The van der Waals surface area contributed by atoms with E-state index in [0.29, 0.717) is 45.3 Å². The number of rotatable bonds is 7. The minimum atomic E-state index is -1.08. The average Bonchev–Trinajstić information content (AvgIpc) is 3.48. The van der Waals surface area contributed by atoms with Gasteiger partial charge in [-0.05, 0) is 82.7 Å². The monoisotopic (exact) mass is 601 g/mol. The van der Waals surface area contributed by atoms with Crippen LogP contribution in [0.1, 0.15) is 64.0 Å². The number of nitrogens with zero attached hydrogens (tertiary/aromatic N) is 3. The Morgan fingerprint density at radius 3 is 2.52 bits per heavy atom. The minimum absolute atomic E-state index is 0.0104. The maximum absolute atomic E-state index is 14.8. The van der Waals surface area contributed by atoms with Crippen LogP contribution >= 0.6 is 0 Å². The van der Waals surface area contributed by atoms with E-state index in [1.54, 1.807) is 26.0 Å². The summed E-state index contributed by atoms with van der Waals surface area (Å²) in [5, 5.41) is 4.17. The molecule has 44 heavy (non-hydrogen) atoms. The van der Waals surface area contributed by atoms with Crippen molar-refractivity contribution in [1.29, 1.82) is 0 Å². The molecule has 3 heterocycles. The van der Waals surface area contributed by atoms with Crippen molar-refractivity contribution in [2.24, 2.45) is 23.6 Å². The number of hydrogen-bond acceptors (Lipinski definition) is 4. The zero-order chi connectivity index (χ0) is 31.6. The van der Waals surface area contributed by atoms with Crippen LogP contribution in [0.25, 0.3) is 10.9 Å². The minimum Gasteiger partial charge on any atom is -0.351 e. The number of carbonyl (C=O) groups is 3. The van der Waals surface area contributed by atoms with E-state index < -0.39 is 16.4 Å². The first-order chi connectivity index (χ1) is 20.8. The van der Waals surface area contributed by atoms with Crippen LogP contribution in [0, 0.1) is 16.6 Å². The molecule has 1 aliphatic carbocycles. The van der Waals surface area contributed by atoms with E-state index in [0.717, 1.165) is 22.0 Å². The van der Waals surface area contributed by atoms with E-state index in [1.807, 2.05) is 42.8 Å². The van der Waals surface area contributed by atoms with Gasteiger partial charge < -0.3 is 25.4 Å². The molecule has 2 saturated heterocycles. The summed E-state index contributed by atoms with van der Waals surface area (Å²) in [4.78, 5) is 45.8. The largest absolute Gasteiger partial charge is 0.351 e. The maximum atomic E-state index is 14.8. The molecule has 3 fully saturated rings. The Morgan fingerprint density at radius 2 is 1.84 bits per heavy atom. The number of aromatic nitrogens is 1. The standard InChI is InChI=1S/C35H44FN5O3/c1-22(2)41-20-27(23-11-13-25(36)14-12-23)34(32(41)44)15-8-16-40(21-34)31(43)35(18-29(35)38-30(42)33(3,4)37)17-24-19-39(5)28-10-7-6-9-26(24)28/h6-7,9-14,19,22,27,29H,8,15-18,20-21,37H2,1-5H3,(H,38,42). The molecule has 6 rings (SSSR count). The predicted molar refractivity (Wildman–Crippen MR) is 168 cm³/mol. The molecule has 4 unspecified atom stereocenters. The number of carbonyl (C=O) groups excluding carboxylic acids is 3. The van der Waals surface area contributed by atoms with Gasteiger partial charge in [-0.2, -0.15) is 0 Å². The molecule has 0 radical (unpaired) electrons. The summed E-state index contributed by atoms with van der Waals surface area (Å²) in [6, 6.07) is 14.2. The van der Waals surface area contributed by atoms with Crippen LogP contribution < -0.4 is 11.1 Å². The lowest BCUT2D eigenvalue weighted by Gasteiger charge is -2.43. The third-order valence-electron chi connectivity index (χ3n) is 10.3. The number of likely N-dealkylation sites (tertiary alicyclic amines) is 2. The van der Waals surface area contributed by atoms with Gasteiger partial charge in [-0.1, -0.05) is 30.3 Å². The summed E-state index contributed by atoms with van der Waals surface area (Å²) in [5.41, 5.74) is 6.48. The van der Waals surface area contributed by atoms with Crippen LogP contribution in [-0.2, 0) is 27.9 Å². The van der Waals surface area contributed by atoms with Crippen molar-refractivity contribution in [3.05, 3.63) is 71.7 Å². The Morgan fingerprint density at radius 1 is 1.14 bits per heavy atom. The highest BCUT2D eigenvalue weighted by Gasteiger charge is 2.64. The highest BCUT2D eigenvalue weighted by Crippen LogP contribution is 2.54. The van der Waals surface area contributed by atoms with Gasteiger partial charge in [0.25, 0.3) is 0 Å². The van der Waals surface area contributed by atoms with Crippen molar-refractivity contribution in [2.75, 3.05) is 19.6 Å². The molecule has 2 aliphatic heterocycles. The number of aryl methyl sites for hydroxylation is 1. The molecule has 1 saturated carbocycles. The fraction of sp³-hybridized carbons (Fsp3) is 0.514. The summed E-state index contributed by atoms with van der Waals surface area (Å²) in [5.74, 6) is -0.729. The van der Waals surface area contributed by atoms with Crippen LogP contribution in [0.3, 0.4) is 0 Å². The Hall–Kier alpha value is -3.72. The van der Waals surface area contributed by atoms with Gasteiger partial charge in [-0.3, -0.25) is 14.4 Å². The molecule has 234 valence electrons. The van der Waals surface area contributed by atoms with Crippen molar-refractivity contribution in [1.82, 2.24) is 19.7 Å². The fourth-order valence-electron chi connectivity index (χ4n) is 7.74. The topological polar surface area (TPSA) is 101 Å². The molecule has 3 N–H and O–H groups in total. The highest BCUT2D eigenvalue weighted by atomic mass is 19.1. The van der Waals surface area contributed by atoms with Gasteiger partial charge in [0.05, 0.1) is 16.4 Å². The number of para-hydroxylation sites is 1. The van der Waals surface area contributed by atoms with Crippen molar-refractivity contribution < 1.29 is 18.8 Å². The van der Waals surface area contributed by atoms with Crippen LogP contribution in [0.2, 0.25) is 0 Å². The number of piperidine rings is 1. The molecule has 1 spiro atoms. The number of fused-ring (bicyclic) bond motifs is 1. The Labute approximate surface area is 258 Å². The van der Waals surface area contributed by atoms with E-state index in [9.17, 15) is 18.8 Å². The van der Waals surface area contributed by atoms with Crippen LogP contribution in [0.5, 0.6) is 0 Å². The third kappa shape index (κ3) is 4.99. The van der Waals surface area contributed by atoms with Gasteiger partial charge >= 0.3 is 0 Å². The third-order valence-corrected chi connectivity index (χ3v) is 10.3. The Bertz CT molecular complexity index is 1610. The molecule has 8 nitrogen and oxygen atoms in total. The Kier molecular flexibility index (Phi) is 7.38. The second-order valence-electron chi connectivity index (χ2n) is 14.2. The summed E-state index contributed by atoms with van der Waals surface area (Å²) in [6.45, 7) is 8.74. The van der Waals surface area contributed by atoms with Gasteiger partial charge in [0, 0.05) is 61.8 Å². The van der Waals surface area contributed by atoms with E-state index in [-0.39, 0.29) is 41.5 Å². The molecule has 3 aromatic rings. The normalized spacial score (nSPS) is 27.0. The lowest BCUT2D eigenvalue weighted by atomic mass is 9.68. The zero-order valence-corrected chi connectivity index (χ0v) is 26.4. The van der Waals surface area contributed by atoms with Crippen LogP contribution in [0.4, 0.5) is 4.39 Å². The number of halogens is 1. The predicted octanol–water partition coefficient (Wildman–Crippen LogP) is 4.12. The summed E-state index contributed by atoms with van der Waals surface area (Å²) in [6.07, 6.45) is 4.41. The first-order valence-electron chi connectivity index (χ1n) is 15.8.